The molecule has 1 fully saturated rings. The van der Waals surface area contributed by atoms with Gasteiger partial charge in [0, 0.05) is 11.0 Å². The molecule has 2 heterocycles. The van der Waals surface area contributed by atoms with Crippen LogP contribution in [0.1, 0.15) is 32.3 Å². The number of hydrogen-bond acceptors (Lipinski definition) is 4. The average molecular weight is 375 g/mol. The summed E-state index contributed by atoms with van der Waals surface area (Å²) in [6.07, 6.45) is 4.19. The Morgan fingerprint density at radius 2 is 1.91 bits per heavy atom. The van der Waals surface area contributed by atoms with E-state index in [0.717, 1.165) is 34.6 Å². The molecule has 1 aliphatic carbocycles. The zero-order valence-corrected chi connectivity index (χ0v) is 14.8. The zero-order valence-electron chi connectivity index (χ0n) is 13.2. The number of rotatable bonds is 4. The van der Waals surface area contributed by atoms with Gasteiger partial charge in [-0.05, 0) is 72.4 Å². The molecule has 1 aromatic carbocycles. The lowest BCUT2D eigenvalue weighted by Crippen LogP contribution is -2.44. The number of benzene rings is 1. The molecule has 0 unspecified atom stereocenters. The van der Waals surface area contributed by atoms with E-state index in [1.165, 1.54) is 5.56 Å². The maximum atomic E-state index is 5.55. The number of fused-ring (bicyclic) bond motifs is 1. The molecular formula is C18H19BrN2O2. The third kappa shape index (κ3) is 2.47. The van der Waals surface area contributed by atoms with Gasteiger partial charge in [-0.1, -0.05) is 6.07 Å². The van der Waals surface area contributed by atoms with Crippen LogP contribution in [0.2, 0.25) is 0 Å². The summed E-state index contributed by atoms with van der Waals surface area (Å²) in [4.78, 5) is 4.30. The molecule has 0 amide bonds. The summed E-state index contributed by atoms with van der Waals surface area (Å²) in [5.41, 5.74) is 2.37. The number of anilines is 1. The minimum atomic E-state index is -0.0871. The van der Waals surface area contributed by atoms with Gasteiger partial charge in [0.2, 0.25) is 6.79 Å². The molecule has 1 aromatic heterocycles. The molecule has 0 atom stereocenters. The van der Waals surface area contributed by atoms with E-state index in [0.29, 0.717) is 6.79 Å². The monoisotopic (exact) mass is 374 g/mol. The van der Waals surface area contributed by atoms with Gasteiger partial charge >= 0.3 is 0 Å². The molecule has 0 radical (unpaired) electrons. The first-order valence-electron chi connectivity index (χ1n) is 7.80. The molecule has 4 nitrogen and oxygen atoms in total. The summed E-state index contributed by atoms with van der Waals surface area (Å²) in [6.45, 7) is 4.83. The lowest BCUT2D eigenvalue weighted by atomic mass is 9.78. The van der Waals surface area contributed by atoms with Crippen molar-refractivity contribution in [2.45, 2.75) is 37.6 Å². The van der Waals surface area contributed by atoms with E-state index >= 15 is 0 Å². The first kappa shape index (κ1) is 14.8. The van der Waals surface area contributed by atoms with Crippen LogP contribution in [0, 0.1) is 0 Å². The molecule has 5 heteroatoms. The minimum absolute atomic E-state index is 0.0871. The third-order valence-corrected chi connectivity index (χ3v) is 5.52. The van der Waals surface area contributed by atoms with Crippen molar-refractivity contribution < 1.29 is 9.47 Å². The highest BCUT2D eigenvalue weighted by Crippen LogP contribution is 2.57. The first-order chi connectivity index (χ1) is 11.0. The van der Waals surface area contributed by atoms with Crippen molar-refractivity contribution in [2.24, 2.45) is 0 Å². The van der Waals surface area contributed by atoms with Crippen LogP contribution >= 0.6 is 15.9 Å². The molecule has 0 spiro atoms. The first-order valence-corrected chi connectivity index (χ1v) is 8.59. The summed E-state index contributed by atoms with van der Waals surface area (Å²) < 4.78 is 11.8. The van der Waals surface area contributed by atoms with Gasteiger partial charge in [0.05, 0.1) is 11.9 Å². The number of nitrogens with zero attached hydrogens (tertiary/aromatic N) is 1. The van der Waals surface area contributed by atoms with Crippen molar-refractivity contribution in [2.75, 3.05) is 12.1 Å². The van der Waals surface area contributed by atoms with Crippen LogP contribution in [-0.4, -0.2) is 17.3 Å². The van der Waals surface area contributed by atoms with E-state index in [9.17, 15) is 0 Å². The van der Waals surface area contributed by atoms with Crippen molar-refractivity contribution in [3.8, 4) is 11.5 Å². The maximum Gasteiger partial charge on any atom is 0.231 e. The van der Waals surface area contributed by atoms with E-state index in [2.05, 4.69) is 58.3 Å². The molecule has 120 valence electrons. The Labute approximate surface area is 144 Å². The highest BCUT2D eigenvalue weighted by molar-refractivity contribution is 9.10. The predicted molar refractivity (Wildman–Crippen MR) is 93.1 cm³/mol. The molecular weight excluding hydrogens is 356 g/mol. The normalized spacial score (nSPS) is 17.9. The van der Waals surface area contributed by atoms with Crippen LogP contribution in [-0.2, 0) is 5.41 Å². The van der Waals surface area contributed by atoms with Gasteiger partial charge in [-0.3, -0.25) is 0 Å². The van der Waals surface area contributed by atoms with Gasteiger partial charge in [-0.25, -0.2) is 4.98 Å². The topological polar surface area (TPSA) is 43.4 Å². The summed E-state index contributed by atoms with van der Waals surface area (Å²) in [7, 11) is 0. The van der Waals surface area contributed by atoms with Crippen molar-refractivity contribution in [1.29, 1.82) is 0 Å². The molecule has 0 saturated heterocycles. The van der Waals surface area contributed by atoms with Crippen LogP contribution in [0.3, 0.4) is 0 Å². The number of ether oxygens (including phenoxy) is 2. The largest absolute Gasteiger partial charge is 0.454 e. The Kier molecular flexibility index (Phi) is 3.30. The smallest absolute Gasteiger partial charge is 0.231 e. The van der Waals surface area contributed by atoms with Crippen LogP contribution in [0.4, 0.5) is 5.69 Å². The number of aromatic nitrogens is 1. The molecule has 1 aliphatic heterocycles. The van der Waals surface area contributed by atoms with E-state index in [4.69, 9.17) is 9.47 Å². The van der Waals surface area contributed by atoms with Crippen LogP contribution in [0.5, 0.6) is 11.5 Å². The lowest BCUT2D eigenvalue weighted by molar-refractivity contribution is 0.174. The van der Waals surface area contributed by atoms with E-state index in [-0.39, 0.29) is 11.0 Å². The number of hydrogen-bond donors (Lipinski definition) is 1. The second-order valence-corrected chi connectivity index (χ2v) is 7.58. The number of nitrogens with one attached hydrogen (secondary N) is 1. The fourth-order valence-corrected chi connectivity index (χ4v) is 3.76. The van der Waals surface area contributed by atoms with Crippen LogP contribution < -0.4 is 14.8 Å². The highest BCUT2D eigenvalue weighted by atomic mass is 79.9. The predicted octanol–water partition coefficient (Wildman–Crippen LogP) is 4.50. The molecule has 23 heavy (non-hydrogen) atoms. The van der Waals surface area contributed by atoms with Crippen molar-refractivity contribution in [3.05, 3.63) is 46.7 Å². The average Bonchev–Trinajstić information content (AvgIpc) is 3.22. The molecule has 2 aliphatic rings. The Morgan fingerprint density at radius 3 is 2.61 bits per heavy atom. The van der Waals surface area contributed by atoms with Crippen molar-refractivity contribution in [3.63, 3.8) is 0 Å². The molecule has 1 N–H and O–H groups in total. The number of halogens is 1. The summed E-state index contributed by atoms with van der Waals surface area (Å²) >= 11 is 3.38. The molecule has 0 bridgehead atoms. The lowest BCUT2D eigenvalue weighted by Gasteiger charge is -2.37. The summed E-state index contributed by atoms with van der Waals surface area (Å²) in [6, 6.07) is 10.3. The standard InChI is InChI=1S/C18H19BrN2O2/c1-17(2,21-13-4-6-16(19)20-10-13)18(7-8-18)12-3-5-14-15(9-12)23-11-22-14/h3-6,9-10,21H,7-8,11H2,1-2H3. The van der Waals surface area contributed by atoms with E-state index in [1.807, 2.05) is 18.3 Å². The minimum Gasteiger partial charge on any atom is -0.454 e. The Bertz CT molecular complexity index is 739. The van der Waals surface area contributed by atoms with Crippen molar-refractivity contribution >= 4 is 21.6 Å². The SMILES string of the molecule is CC(C)(Nc1ccc(Br)nc1)C1(c2ccc3c(c2)OCO3)CC1. The Balaban J connectivity index is 1.63. The zero-order chi connectivity index (χ0) is 16.1. The van der Waals surface area contributed by atoms with E-state index < -0.39 is 0 Å². The van der Waals surface area contributed by atoms with Gasteiger partial charge in [-0.2, -0.15) is 0 Å². The maximum absolute atomic E-state index is 5.55. The molecule has 4 rings (SSSR count). The quantitative estimate of drug-likeness (QED) is 0.800. The summed E-state index contributed by atoms with van der Waals surface area (Å²) in [5.74, 6) is 1.70. The van der Waals surface area contributed by atoms with E-state index in [1.54, 1.807) is 0 Å². The van der Waals surface area contributed by atoms with Gasteiger partial charge in [0.1, 0.15) is 4.60 Å². The van der Waals surface area contributed by atoms with Crippen LogP contribution in [0.25, 0.3) is 0 Å². The summed E-state index contributed by atoms with van der Waals surface area (Å²) in [5, 5.41) is 3.66. The Morgan fingerprint density at radius 1 is 1.13 bits per heavy atom. The van der Waals surface area contributed by atoms with Gasteiger partial charge in [-0.15, -0.1) is 0 Å². The van der Waals surface area contributed by atoms with Gasteiger partial charge in [0.15, 0.2) is 11.5 Å². The second-order valence-electron chi connectivity index (χ2n) is 6.77. The second kappa shape index (κ2) is 5.13. The third-order valence-electron chi connectivity index (χ3n) is 5.06. The highest BCUT2D eigenvalue weighted by Gasteiger charge is 2.55. The van der Waals surface area contributed by atoms with Gasteiger partial charge in [0.25, 0.3) is 0 Å². The van der Waals surface area contributed by atoms with Crippen molar-refractivity contribution in [1.82, 2.24) is 4.98 Å². The fourth-order valence-electron chi connectivity index (χ4n) is 3.52. The fraction of sp³-hybridized carbons (Fsp3) is 0.389. The molecule has 2 aromatic rings. The van der Waals surface area contributed by atoms with Crippen LogP contribution in [0.15, 0.2) is 41.1 Å². The Hall–Kier alpha value is -1.75. The number of pyridine rings is 1. The molecule has 1 saturated carbocycles. The van der Waals surface area contributed by atoms with Gasteiger partial charge < -0.3 is 14.8 Å².